The lowest BCUT2D eigenvalue weighted by Crippen LogP contribution is -2.37. The van der Waals surface area contributed by atoms with Gasteiger partial charge in [0, 0.05) is 12.8 Å². The quantitative estimate of drug-likeness (QED) is 0.887. The molecular weight excluding hydrogens is 338 g/mol. The van der Waals surface area contributed by atoms with E-state index in [2.05, 4.69) is 0 Å². The number of Topliss-reactive ketones (excluding diaryl/α,β-unsaturated/α-hetero) is 1. The Hall–Kier alpha value is -2.77. The van der Waals surface area contributed by atoms with Gasteiger partial charge >= 0.3 is 0 Å². The van der Waals surface area contributed by atoms with Crippen LogP contribution in [-0.2, 0) is 4.79 Å². The van der Waals surface area contributed by atoms with Crippen molar-refractivity contribution in [1.82, 2.24) is 5.06 Å². The Kier molecular flexibility index (Phi) is 3.51. The van der Waals surface area contributed by atoms with Crippen LogP contribution in [0.15, 0.2) is 36.4 Å². The van der Waals surface area contributed by atoms with Crippen LogP contribution in [-0.4, -0.2) is 29.6 Å². The van der Waals surface area contributed by atoms with Crippen LogP contribution >= 0.6 is 0 Å². The normalized spacial score (nSPS) is 24.1. The number of hydrogen-bond donors (Lipinski definition) is 1. The summed E-state index contributed by atoms with van der Waals surface area (Å²) in [4.78, 5) is 12.4. The largest absolute Gasteiger partial charge is 0.454 e. The number of benzene rings is 2. The number of carbonyl (C=O) groups excluding carboxylic acids is 1. The number of ether oxygens (including phenoxy) is 4. The molecule has 3 heterocycles. The number of ketones is 1. The maximum absolute atomic E-state index is 12.4. The molecule has 0 aromatic heterocycles. The fraction of sp³-hybridized carbons (Fsp3) is 0.316. The van der Waals surface area contributed by atoms with Crippen LogP contribution in [0.25, 0.3) is 0 Å². The van der Waals surface area contributed by atoms with E-state index >= 15 is 0 Å². The molecule has 1 N–H and O–H groups in total. The van der Waals surface area contributed by atoms with Crippen molar-refractivity contribution in [2.24, 2.45) is 0 Å². The summed E-state index contributed by atoms with van der Waals surface area (Å²) < 4.78 is 21.5. The second-order valence-electron chi connectivity index (χ2n) is 6.58. The maximum Gasteiger partial charge on any atom is 0.231 e. The van der Waals surface area contributed by atoms with Crippen molar-refractivity contribution < 1.29 is 28.9 Å². The predicted molar refractivity (Wildman–Crippen MR) is 88.5 cm³/mol. The molecule has 2 aromatic rings. The van der Waals surface area contributed by atoms with E-state index in [4.69, 9.17) is 18.9 Å². The molecule has 3 aliphatic rings. The third kappa shape index (κ3) is 2.48. The van der Waals surface area contributed by atoms with E-state index in [-0.39, 0.29) is 32.2 Å². The SMILES string of the molecule is O=C1CC(c2ccc3c(c2)OCO3)N(O)C(c2ccc3c(c2)OCO3)C1. The van der Waals surface area contributed by atoms with Gasteiger partial charge in [0.05, 0.1) is 12.1 Å². The number of hydrogen-bond acceptors (Lipinski definition) is 7. The van der Waals surface area contributed by atoms with Crippen molar-refractivity contribution in [3.8, 4) is 23.0 Å². The minimum atomic E-state index is -0.443. The van der Waals surface area contributed by atoms with Gasteiger partial charge in [-0.05, 0) is 35.4 Å². The van der Waals surface area contributed by atoms with E-state index in [9.17, 15) is 10.0 Å². The molecule has 0 aliphatic carbocycles. The van der Waals surface area contributed by atoms with E-state index in [0.29, 0.717) is 23.0 Å². The zero-order valence-electron chi connectivity index (χ0n) is 13.9. The molecule has 134 valence electrons. The Bertz CT molecular complexity index is 813. The fourth-order valence-corrected chi connectivity index (χ4v) is 3.70. The summed E-state index contributed by atoms with van der Waals surface area (Å²) in [6.07, 6.45) is 0.494. The standard InChI is InChI=1S/C19H17NO6/c21-13-7-14(11-1-3-16-18(5-11)25-9-23-16)20(22)15(8-13)12-2-4-17-19(6-12)26-10-24-17/h1-6,14-15,22H,7-10H2. The lowest BCUT2D eigenvalue weighted by molar-refractivity contribution is -0.185. The van der Waals surface area contributed by atoms with E-state index in [1.807, 2.05) is 24.3 Å². The third-order valence-corrected chi connectivity index (χ3v) is 5.04. The van der Waals surface area contributed by atoms with Gasteiger partial charge in [-0.25, -0.2) is 0 Å². The average Bonchev–Trinajstić information content (AvgIpc) is 3.30. The van der Waals surface area contributed by atoms with Gasteiger partial charge in [-0.1, -0.05) is 12.1 Å². The molecule has 7 nitrogen and oxygen atoms in total. The van der Waals surface area contributed by atoms with Crippen molar-refractivity contribution in [2.45, 2.75) is 24.9 Å². The summed E-state index contributed by atoms with van der Waals surface area (Å²) in [5.41, 5.74) is 1.63. The zero-order valence-corrected chi connectivity index (χ0v) is 13.9. The van der Waals surface area contributed by atoms with Gasteiger partial charge in [0.1, 0.15) is 5.78 Å². The third-order valence-electron chi connectivity index (χ3n) is 5.04. The summed E-state index contributed by atoms with van der Waals surface area (Å²) >= 11 is 0. The highest BCUT2D eigenvalue weighted by atomic mass is 16.7. The summed E-state index contributed by atoms with van der Waals surface area (Å²) in [6.45, 7) is 0.371. The smallest absolute Gasteiger partial charge is 0.231 e. The Balaban J connectivity index is 1.47. The topological polar surface area (TPSA) is 77.5 Å². The second kappa shape index (κ2) is 5.89. The number of nitrogens with zero attached hydrogens (tertiary/aromatic N) is 1. The van der Waals surface area contributed by atoms with Crippen LogP contribution in [0.5, 0.6) is 23.0 Å². The molecule has 2 unspecified atom stereocenters. The maximum atomic E-state index is 12.4. The predicted octanol–water partition coefficient (Wildman–Crippen LogP) is 2.98. The van der Waals surface area contributed by atoms with Gasteiger partial charge in [-0.2, -0.15) is 5.06 Å². The average molecular weight is 355 g/mol. The fourth-order valence-electron chi connectivity index (χ4n) is 3.70. The van der Waals surface area contributed by atoms with E-state index in [1.165, 1.54) is 5.06 Å². The van der Waals surface area contributed by atoms with Crippen LogP contribution in [0, 0.1) is 0 Å². The molecule has 0 bridgehead atoms. The van der Waals surface area contributed by atoms with Crippen molar-refractivity contribution in [2.75, 3.05) is 13.6 Å². The van der Waals surface area contributed by atoms with Gasteiger partial charge in [0.2, 0.25) is 13.6 Å². The van der Waals surface area contributed by atoms with Crippen molar-refractivity contribution >= 4 is 5.78 Å². The Morgan fingerprint density at radius 1 is 0.769 bits per heavy atom. The lowest BCUT2D eigenvalue weighted by atomic mass is 9.88. The number of piperidine rings is 1. The van der Waals surface area contributed by atoms with Gasteiger partial charge in [-0.15, -0.1) is 0 Å². The molecule has 0 saturated carbocycles. The van der Waals surface area contributed by atoms with Gasteiger partial charge in [0.25, 0.3) is 0 Å². The summed E-state index contributed by atoms with van der Waals surface area (Å²) in [6, 6.07) is 10.1. The Morgan fingerprint density at radius 3 is 1.73 bits per heavy atom. The van der Waals surface area contributed by atoms with E-state index in [1.54, 1.807) is 12.1 Å². The number of hydroxylamine groups is 2. The van der Waals surface area contributed by atoms with Gasteiger partial charge < -0.3 is 24.2 Å². The summed E-state index contributed by atoms with van der Waals surface area (Å²) in [5, 5.41) is 12.1. The van der Waals surface area contributed by atoms with Crippen molar-refractivity contribution in [3.63, 3.8) is 0 Å². The molecule has 1 saturated heterocycles. The van der Waals surface area contributed by atoms with Crippen molar-refractivity contribution in [1.29, 1.82) is 0 Å². The molecule has 0 amide bonds. The molecule has 0 radical (unpaired) electrons. The monoisotopic (exact) mass is 355 g/mol. The van der Waals surface area contributed by atoms with E-state index < -0.39 is 12.1 Å². The zero-order chi connectivity index (χ0) is 17.7. The number of fused-ring (bicyclic) bond motifs is 2. The molecule has 0 spiro atoms. The Labute approximate surface area is 149 Å². The number of carbonyl (C=O) groups is 1. The molecule has 5 rings (SSSR count). The summed E-state index contributed by atoms with van der Waals surface area (Å²) in [7, 11) is 0. The van der Waals surface area contributed by atoms with Gasteiger partial charge in [-0.3, -0.25) is 4.79 Å². The first-order valence-electron chi connectivity index (χ1n) is 8.47. The molecule has 26 heavy (non-hydrogen) atoms. The molecule has 3 aliphatic heterocycles. The first-order valence-corrected chi connectivity index (χ1v) is 8.47. The molecule has 2 aromatic carbocycles. The molecular formula is C19H17NO6. The lowest BCUT2D eigenvalue weighted by Gasteiger charge is -2.37. The van der Waals surface area contributed by atoms with Crippen LogP contribution in [0.4, 0.5) is 0 Å². The van der Waals surface area contributed by atoms with Crippen LogP contribution < -0.4 is 18.9 Å². The number of rotatable bonds is 2. The molecule has 7 heteroatoms. The van der Waals surface area contributed by atoms with Crippen molar-refractivity contribution in [3.05, 3.63) is 47.5 Å². The minimum Gasteiger partial charge on any atom is -0.454 e. The molecule has 2 atom stereocenters. The Morgan fingerprint density at radius 2 is 1.23 bits per heavy atom. The first kappa shape index (κ1) is 15.5. The highest BCUT2D eigenvalue weighted by molar-refractivity contribution is 5.81. The van der Waals surface area contributed by atoms with Crippen LogP contribution in [0.2, 0.25) is 0 Å². The first-order chi connectivity index (χ1) is 12.7. The summed E-state index contributed by atoms with van der Waals surface area (Å²) in [5.74, 6) is 2.71. The second-order valence-corrected chi connectivity index (χ2v) is 6.58. The van der Waals surface area contributed by atoms with E-state index in [0.717, 1.165) is 11.1 Å². The van der Waals surface area contributed by atoms with Gasteiger partial charge in [0.15, 0.2) is 23.0 Å². The molecule has 1 fully saturated rings. The highest BCUT2D eigenvalue weighted by Crippen LogP contribution is 2.43. The highest BCUT2D eigenvalue weighted by Gasteiger charge is 2.37. The van der Waals surface area contributed by atoms with Crippen LogP contribution in [0.1, 0.15) is 36.1 Å². The minimum absolute atomic E-state index is 0.0978. The van der Waals surface area contributed by atoms with Crippen LogP contribution in [0.3, 0.4) is 0 Å².